The minimum absolute atomic E-state index is 0.00399. The van der Waals surface area contributed by atoms with Crippen molar-refractivity contribution >= 4 is 57.1 Å². The first-order valence-corrected chi connectivity index (χ1v) is 23.9. The van der Waals surface area contributed by atoms with Crippen molar-refractivity contribution in [3.8, 4) is 11.8 Å². The molecular weight excluding hydrogens is 899 g/mol. The maximum Gasteiger partial charge on any atom is 0.737 e. The zero-order valence-corrected chi connectivity index (χ0v) is 37.7. The molecule has 1 aromatic carbocycles. The van der Waals surface area contributed by atoms with Gasteiger partial charge in [-0.1, -0.05) is 12.1 Å². The second-order valence-corrected chi connectivity index (χ2v) is 20.3. The van der Waals surface area contributed by atoms with Gasteiger partial charge >= 0.3 is 28.1 Å². The first-order chi connectivity index (χ1) is 30.3. The lowest BCUT2D eigenvalue weighted by atomic mass is 9.83. The van der Waals surface area contributed by atoms with Crippen LogP contribution in [0.2, 0.25) is 0 Å². The topological polar surface area (TPSA) is 302 Å². The number of aromatic nitrogens is 2. The van der Waals surface area contributed by atoms with Crippen LogP contribution < -0.4 is 20.8 Å². The first kappa shape index (κ1) is 49.0. The Morgan fingerprint density at radius 2 is 1.54 bits per heavy atom. The normalized spacial score (nSPS) is 18.8. The van der Waals surface area contributed by atoms with E-state index in [-0.39, 0.29) is 72.9 Å². The summed E-state index contributed by atoms with van der Waals surface area (Å²) in [5.41, 5.74) is 3.57. The Labute approximate surface area is 371 Å². The number of carbonyl (C=O) groups is 4. The van der Waals surface area contributed by atoms with E-state index in [2.05, 4.69) is 16.0 Å². The van der Waals surface area contributed by atoms with Crippen molar-refractivity contribution < 1.29 is 81.2 Å². The van der Waals surface area contributed by atoms with Gasteiger partial charge < -0.3 is 73.3 Å². The van der Waals surface area contributed by atoms with Crippen LogP contribution in [0.4, 0.5) is 8.63 Å². The van der Waals surface area contributed by atoms with E-state index in [1.165, 1.54) is 19.1 Å². The van der Waals surface area contributed by atoms with Gasteiger partial charge in [0.15, 0.2) is 5.70 Å². The molecule has 10 N–H and O–H groups in total. The number of hydrogen-bond donors (Lipinski definition) is 10. The molecule has 4 aliphatic rings. The lowest BCUT2D eigenvalue weighted by Gasteiger charge is -2.34. The van der Waals surface area contributed by atoms with Gasteiger partial charge in [-0.3, -0.25) is 23.5 Å². The fraction of sp³-hybridized carbons (Fsp3) is 0.425. The standard InChI is InChI=1S/C40H51BF2N6O14P2/c1-22-28-13-15-31(50)44-20-6-5-8-30(38(54)45-21-7-19-40(56,64(57,58)59)65(60,61)62)46-32(51)16-14-29-23(2)37-35(36(22)47(24(28)3)41(42,43)48(37)25(29)4)26-9-11-27(12-10-26)39(55)63-49-33(52)17-18-34(49)53/h9-12,17-18,30,52-53,56H,5-8,13-16,19-21H2,1-4H3,(H,44,50)(H,45,54)(H,46,51)(H2,57,58,59)(H2,60,61,62). The molecule has 0 aliphatic carbocycles. The maximum atomic E-state index is 17.3. The molecule has 0 saturated heterocycles. The Morgan fingerprint density at radius 1 is 0.923 bits per heavy atom. The first-order valence-electron chi connectivity index (χ1n) is 20.7. The highest BCUT2D eigenvalue weighted by Gasteiger charge is 2.59. The fourth-order valence-corrected chi connectivity index (χ4v) is 11.0. The van der Waals surface area contributed by atoms with Gasteiger partial charge in [0.1, 0.15) is 11.8 Å². The number of aromatic hydroxyl groups is 2. The molecule has 0 radical (unpaired) electrons. The van der Waals surface area contributed by atoms with Crippen LogP contribution in [-0.2, 0) is 29.9 Å². The summed E-state index contributed by atoms with van der Waals surface area (Å²) < 4.78 is 60.6. The van der Waals surface area contributed by atoms with Crippen LogP contribution >= 0.6 is 15.2 Å². The Balaban J connectivity index is 1.33. The van der Waals surface area contributed by atoms with E-state index in [9.17, 15) is 63.2 Å². The molecule has 6 bridgehead atoms. The quantitative estimate of drug-likeness (QED) is 0.0795. The van der Waals surface area contributed by atoms with Gasteiger partial charge in [0.05, 0.1) is 11.1 Å². The number of hydrogen-bond acceptors (Lipinski definition) is 10. The summed E-state index contributed by atoms with van der Waals surface area (Å²) in [4.78, 5) is 96.0. The van der Waals surface area contributed by atoms with Crippen LogP contribution in [-0.4, -0.2) is 109 Å². The van der Waals surface area contributed by atoms with E-state index in [1.807, 2.05) is 0 Å². The second kappa shape index (κ2) is 18.5. The predicted octanol–water partition coefficient (Wildman–Crippen LogP) is 2.78. The predicted molar refractivity (Wildman–Crippen MR) is 230 cm³/mol. The van der Waals surface area contributed by atoms with E-state index < -0.39 is 82.2 Å². The van der Waals surface area contributed by atoms with E-state index in [0.29, 0.717) is 51.0 Å². The average molecular weight is 951 g/mol. The third-order valence-electron chi connectivity index (χ3n) is 12.2. The van der Waals surface area contributed by atoms with Gasteiger partial charge in [-0.2, -0.15) is 0 Å². The van der Waals surface area contributed by atoms with E-state index in [1.54, 1.807) is 32.9 Å². The van der Waals surface area contributed by atoms with Gasteiger partial charge in [0, 0.05) is 68.2 Å². The van der Waals surface area contributed by atoms with Crippen LogP contribution in [0.25, 0.3) is 5.57 Å². The molecule has 0 spiro atoms. The molecule has 2 aromatic heterocycles. The van der Waals surface area contributed by atoms with Crippen molar-refractivity contribution in [2.45, 2.75) is 96.6 Å². The van der Waals surface area contributed by atoms with E-state index in [4.69, 9.17) is 4.84 Å². The van der Waals surface area contributed by atoms with Crippen molar-refractivity contribution in [2.24, 2.45) is 0 Å². The van der Waals surface area contributed by atoms with Gasteiger partial charge in [-0.05, 0) is 93.8 Å². The van der Waals surface area contributed by atoms with Crippen molar-refractivity contribution in [1.29, 1.82) is 0 Å². The molecule has 20 nitrogen and oxygen atoms in total. The lowest BCUT2D eigenvalue weighted by Crippen LogP contribution is -2.51. The van der Waals surface area contributed by atoms with Gasteiger partial charge in [0.2, 0.25) is 29.5 Å². The minimum atomic E-state index is -5.72. The van der Waals surface area contributed by atoms with E-state index in [0.717, 1.165) is 21.1 Å². The van der Waals surface area contributed by atoms with Crippen molar-refractivity contribution in [3.63, 3.8) is 0 Å². The van der Waals surface area contributed by atoms with Crippen LogP contribution in [0.15, 0.2) is 53.2 Å². The molecule has 1 atom stereocenters. The van der Waals surface area contributed by atoms with Crippen LogP contribution in [0.5, 0.6) is 11.8 Å². The molecule has 7 rings (SSSR count). The van der Waals surface area contributed by atoms with Crippen LogP contribution in [0, 0.1) is 13.8 Å². The van der Waals surface area contributed by atoms with Crippen molar-refractivity contribution in [2.75, 3.05) is 13.1 Å². The number of aliphatic hydroxyl groups is 1. The molecule has 4 aliphatic heterocycles. The summed E-state index contributed by atoms with van der Waals surface area (Å²) in [5, 5.41) is 34.3. The minimum Gasteiger partial charge on any atom is -0.492 e. The van der Waals surface area contributed by atoms with Crippen molar-refractivity contribution in [3.05, 3.63) is 86.9 Å². The largest absolute Gasteiger partial charge is 0.737 e. The van der Waals surface area contributed by atoms with Gasteiger partial charge in [-0.15, -0.1) is 4.73 Å². The zero-order valence-electron chi connectivity index (χ0n) is 35.9. The van der Waals surface area contributed by atoms with E-state index >= 15 is 8.63 Å². The number of carbonyl (C=O) groups excluding carboxylic acids is 4. The number of nitrogens with zero attached hydrogens (tertiary/aromatic N) is 3. The molecule has 0 fully saturated rings. The van der Waals surface area contributed by atoms with Crippen LogP contribution in [0.3, 0.4) is 0 Å². The summed E-state index contributed by atoms with van der Waals surface area (Å²) in [5.74, 6) is -3.73. The fourth-order valence-electron chi connectivity index (χ4n) is 8.77. The summed E-state index contributed by atoms with van der Waals surface area (Å²) >= 11 is 0. The smallest absolute Gasteiger partial charge is 0.492 e. The van der Waals surface area contributed by atoms with Gasteiger partial charge in [-0.25, -0.2) is 4.79 Å². The molecule has 0 saturated carbocycles. The molecule has 1 unspecified atom stereocenters. The summed E-state index contributed by atoms with van der Waals surface area (Å²) in [6.45, 7) is 1.67. The Kier molecular flexibility index (Phi) is 13.9. The number of allylic oxidation sites excluding steroid dienone is 2. The SMILES string of the molecule is CC1=C2CCC(=O)NCCCCC(C(=O)NCCCC(O)(P(=O)(O)O)P(=O)(O)O)NC(=O)CCc3c(C)c4n(c3C)[B-](F)(F)[N+](=C2C)C1=C4c1ccc(C(=O)On2c(O)ccc2O)cc1. The summed E-state index contributed by atoms with van der Waals surface area (Å²) in [6, 6.07) is 6.96. The molecule has 3 amide bonds. The number of benzene rings is 1. The highest BCUT2D eigenvalue weighted by molar-refractivity contribution is 7.72. The number of rotatable bonds is 10. The third kappa shape index (κ3) is 9.36. The highest BCUT2D eigenvalue weighted by Crippen LogP contribution is 2.69. The zero-order chi connectivity index (χ0) is 48.0. The lowest BCUT2D eigenvalue weighted by molar-refractivity contribution is -0.363. The molecule has 65 heavy (non-hydrogen) atoms. The number of amides is 3. The molecular formula is C40H51BF2N6O14P2. The maximum absolute atomic E-state index is 17.3. The summed E-state index contributed by atoms with van der Waals surface area (Å²) in [7, 11) is -11.4. The number of halogens is 2. The number of fused-ring (bicyclic) bond motifs is 12. The highest BCUT2D eigenvalue weighted by atomic mass is 31.2. The van der Waals surface area contributed by atoms with Crippen molar-refractivity contribution in [1.82, 2.24) is 25.2 Å². The summed E-state index contributed by atoms with van der Waals surface area (Å²) in [6.07, 6.45) is -0.981. The average Bonchev–Trinajstić information content (AvgIpc) is 3.78. The molecule has 3 aromatic rings. The monoisotopic (exact) mass is 950 g/mol. The third-order valence-corrected chi connectivity index (χ3v) is 16.1. The van der Waals surface area contributed by atoms with Gasteiger partial charge in [0.25, 0.3) is 5.08 Å². The number of nitrogens with one attached hydrogen (secondary N) is 3. The molecule has 6 heterocycles. The van der Waals surface area contributed by atoms with Crippen LogP contribution in [0.1, 0.15) is 104 Å². The second-order valence-electron chi connectivity index (χ2n) is 16.3. The molecule has 25 heteroatoms. The Bertz CT molecular complexity index is 2610. The molecule has 352 valence electrons. The Hall–Kier alpha value is -5.41. The Morgan fingerprint density at radius 3 is 2.15 bits per heavy atom.